The van der Waals surface area contributed by atoms with Crippen molar-refractivity contribution in [3.05, 3.63) is 30.5 Å². The van der Waals surface area contributed by atoms with E-state index < -0.39 is 5.97 Å². The molecule has 1 atom stereocenters. The number of carboxylic acid groups (broad SMARTS) is 1. The summed E-state index contributed by atoms with van der Waals surface area (Å²) in [5.74, 6) is -0.0846. The van der Waals surface area contributed by atoms with Gasteiger partial charge in [0, 0.05) is 23.2 Å². The fraction of sp³-hybridized carbons (Fsp3) is 0.308. The van der Waals surface area contributed by atoms with Gasteiger partial charge in [-0.15, -0.1) is 5.10 Å². The van der Waals surface area contributed by atoms with Crippen LogP contribution in [-0.2, 0) is 4.79 Å². The number of nitrogens with zero attached hydrogens (tertiary/aromatic N) is 2. The van der Waals surface area contributed by atoms with E-state index in [0.29, 0.717) is 12.2 Å². The van der Waals surface area contributed by atoms with E-state index in [1.807, 2.05) is 31.2 Å². The van der Waals surface area contributed by atoms with Gasteiger partial charge < -0.3 is 10.4 Å². The third-order valence-electron chi connectivity index (χ3n) is 2.74. The molecule has 1 heterocycles. The Kier molecular flexibility index (Phi) is 3.72. The predicted molar refractivity (Wildman–Crippen MR) is 69.5 cm³/mol. The molecular formula is C13H15N3O2. The van der Waals surface area contributed by atoms with Gasteiger partial charge >= 0.3 is 5.97 Å². The normalized spacial score (nSPS) is 12.3. The zero-order chi connectivity index (χ0) is 13.0. The highest BCUT2D eigenvalue weighted by atomic mass is 16.4. The summed E-state index contributed by atoms with van der Waals surface area (Å²) in [4.78, 5) is 10.5. The van der Waals surface area contributed by atoms with E-state index in [0.717, 1.165) is 10.8 Å². The molecule has 1 aromatic heterocycles. The highest BCUT2D eigenvalue weighted by Gasteiger charge is 2.08. The molecule has 0 spiro atoms. The van der Waals surface area contributed by atoms with E-state index in [4.69, 9.17) is 5.11 Å². The highest BCUT2D eigenvalue weighted by molar-refractivity contribution is 5.90. The van der Waals surface area contributed by atoms with Gasteiger partial charge in [0.25, 0.3) is 0 Å². The second-order valence-corrected chi connectivity index (χ2v) is 4.26. The molecule has 0 saturated carbocycles. The molecule has 0 radical (unpaired) electrons. The number of hydrogen-bond donors (Lipinski definition) is 2. The molecule has 0 aliphatic heterocycles. The number of carbonyl (C=O) groups is 1. The van der Waals surface area contributed by atoms with E-state index >= 15 is 0 Å². The van der Waals surface area contributed by atoms with Gasteiger partial charge in [-0.05, 0) is 13.3 Å². The average Bonchev–Trinajstić information content (AvgIpc) is 2.37. The number of aromatic nitrogens is 2. The van der Waals surface area contributed by atoms with E-state index in [2.05, 4.69) is 15.5 Å². The summed E-state index contributed by atoms with van der Waals surface area (Å²) < 4.78 is 0. The smallest absolute Gasteiger partial charge is 0.303 e. The summed E-state index contributed by atoms with van der Waals surface area (Å²) in [6, 6.07) is 7.87. The SMILES string of the molecule is CC(CCC(=O)O)Nc1nncc2ccccc12. The molecule has 5 heteroatoms. The lowest BCUT2D eigenvalue weighted by Gasteiger charge is -2.14. The number of fused-ring (bicyclic) bond motifs is 1. The van der Waals surface area contributed by atoms with Crippen LogP contribution in [0.4, 0.5) is 5.82 Å². The molecule has 0 aliphatic carbocycles. The number of anilines is 1. The first kappa shape index (κ1) is 12.3. The van der Waals surface area contributed by atoms with Crippen molar-refractivity contribution in [2.45, 2.75) is 25.8 Å². The molecule has 5 nitrogen and oxygen atoms in total. The van der Waals surface area contributed by atoms with Crippen molar-refractivity contribution < 1.29 is 9.90 Å². The van der Waals surface area contributed by atoms with Crippen LogP contribution in [-0.4, -0.2) is 27.3 Å². The average molecular weight is 245 g/mol. The Labute approximate surface area is 105 Å². The molecule has 18 heavy (non-hydrogen) atoms. The lowest BCUT2D eigenvalue weighted by atomic mass is 10.1. The topological polar surface area (TPSA) is 75.1 Å². The molecule has 0 bridgehead atoms. The zero-order valence-corrected chi connectivity index (χ0v) is 10.1. The van der Waals surface area contributed by atoms with Crippen LogP contribution in [0.5, 0.6) is 0 Å². The van der Waals surface area contributed by atoms with Gasteiger partial charge in [0.05, 0.1) is 6.20 Å². The molecular weight excluding hydrogens is 230 g/mol. The minimum absolute atomic E-state index is 0.0428. The second kappa shape index (κ2) is 5.44. The Balaban J connectivity index is 2.14. The zero-order valence-electron chi connectivity index (χ0n) is 10.1. The quantitative estimate of drug-likeness (QED) is 0.845. The summed E-state index contributed by atoms with van der Waals surface area (Å²) in [6.45, 7) is 1.94. The number of hydrogen-bond acceptors (Lipinski definition) is 4. The number of carboxylic acids is 1. The minimum atomic E-state index is -0.785. The Hall–Kier alpha value is -2.17. The molecule has 0 fully saturated rings. The number of benzene rings is 1. The van der Waals surface area contributed by atoms with Crippen LogP contribution in [0.25, 0.3) is 10.8 Å². The van der Waals surface area contributed by atoms with Crippen LogP contribution in [0.2, 0.25) is 0 Å². The Morgan fingerprint density at radius 2 is 2.22 bits per heavy atom. The molecule has 0 saturated heterocycles. The van der Waals surface area contributed by atoms with Crippen LogP contribution < -0.4 is 5.32 Å². The molecule has 2 rings (SSSR count). The maximum Gasteiger partial charge on any atom is 0.303 e. The van der Waals surface area contributed by atoms with E-state index in [-0.39, 0.29) is 12.5 Å². The third-order valence-corrected chi connectivity index (χ3v) is 2.74. The van der Waals surface area contributed by atoms with Crippen LogP contribution in [0.3, 0.4) is 0 Å². The summed E-state index contributed by atoms with van der Waals surface area (Å²) in [6.07, 6.45) is 2.41. The second-order valence-electron chi connectivity index (χ2n) is 4.26. The first-order valence-electron chi connectivity index (χ1n) is 5.85. The molecule has 94 valence electrons. The summed E-state index contributed by atoms with van der Waals surface area (Å²) >= 11 is 0. The van der Waals surface area contributed by atoms with Crippen LogP contribution in [0, 0.1) is 0 Å². The Bertz CT molecular complexity index is 551. The van der Waals surface area contributed by atoms with Crippen LogP contribution in [0.15, 0.2) is 30.5 Å². The number of nitrogens with one attached hydrogen (secondary N) is 1. The molecule has 0 aliphatic rings. The van der Waals surface area contributed by atoms with Gasteiger partial charge in [0.15, 0.2) is 5.82 Å². The Morgan fingerprint density at radius 1 is 1.44 bits per heavy atom. The molecule has 1 unspecified atom stereocenters. The highest BCUT2D eigenvalue weighted by Crippen LogP contribution is 2.20. The van der Waals surface area contributed by atoms with Gasteiger partial charge in [-0.3, -0.25) is 4.79 Å². The van der Waals surface area contributed by atoms with Crippen molar-refractivity contribution >= 4 is 22.6 Å². The van der Waals surface area contributed by atoms with Crippen molar-refractivity contribution in [3.63, 3.8) is 0 Å². The van der Waals surface area contributed by atoms with Crippen molar-refractivity contribution in [1.29, 1.82) is 0 Å². The maximum atomic E-state index is 10.5. The molecule has 1 aromatic carbocycles. The monoisotopic (exact) mass is 245 g/mol. The standard InChI is InChI=1S/C13H15N3O2/c1-9(6-7-12(17)18)15-13-11-5-3-2-4-10(11)8-14-16-13/h2-5,8-9H,6-7H2,1H3,(H,15,16)(H,17,18). The molecule has 0 amide bonds. The largest absolute Gasteiger partial charge is 0.481 e. The van der Waals surface area contributed by atoms with Crippen molar-refractivity contribution in [3.8, 4) is 0 Å². The fourth-order valence-corrected chi connectivity index (χ4v) is 1.78. The number of aliphatic carboxylic acids is 1. The van der Waals surface area contributed by atoms with E-state index in [1.165, 1.54) is 0 Å². The van der Waals surface area contributed by atoms with Crippen molar-refractivity contribution in [1.82, 2.24) is 10.2 Å². The van der Waals surface area contributed by atoms with Crippen molar-refractivity contribution in [2.24, 2.45) is 0 Å². The van der Waals surface area contributed by atoms with Crippen molar-refractivity contribution in [2.75, 3.05) is 5.32 Å². The van der Waals surface area contributed by atoms with E-state index in [9.17, 15) is 4.79 Å². The van der Waals surface area contributed by atoms with Gasteiger partial charge in [-0.1, -0.05) is 24.3 Å². The van der Waals surface area contributed by atoms with Crippen LogP contribution in [0.1, 0.15) is 19.8 Å². The maximum absolute atomic E-state index is 10.5. The number of rotatable bonds is 5. The van der Waals surface area contributed by atoms with E-state index in [1.54, 1.807) is 6.20 Å². The van der Waals surface area contributed by atoms with Gasteiger partial charge in [-0.25, -0.2) is 0 Å². The van der Waals surface area contributed by atoms with Crippen LogP contribution >= 0.6 is 0 Å². The summed E-state index contributed by atoms with van der Waals surface area (Å²) in [5, 5.41) is 21.9. The minimum Gasteiger partial charge on any atom is -0.481 e. The fourth-order valence-electron chi connectivity index (χ4n) is 1.78. The third kappa shape index (κ3) is 2.94. The predicted octanol–water partition coefficient (Wildman–Crippen LogP) is 2.29. The van der Waals surface area contributed by atoms with Gasteiger partial charge in [0.2, 0.25) is 0 Å². The lowest BCUT2D eigenvalue weighted by Crippen LogP contribution is -2.17. The Morgan fingerprint density at radius 3 is 3.00 bits per heavy atom. The first-order valence-corrected chi connectivity index (χ1v) is 5.85. The lowest BCUT2D eigenvalue weighted by molar-refractivity contribution is -0.137. The summed E-state index contributed by atoms with van der Waals surface area (Å²) in [5.41, 5.74) is 0. The van der Waals surface area contributed by atoms with Gasteiger partial charge in [-0.2, -0.15) is 5.10 Å². The molecule has 2 aromatic rings. The summed E-state index contributed by atoms with van der Waals surface area (Å²) in [7, 11) is 0. The first-order chi connectivity index (χ1) is 8.66. The van der Waals surface area contributed by atoms with Gasteiger partial charge in [0.1, 0.15) is 0 Å². The molecule has 2 N–H and O–H groups in total.